The predicted octanol–water partition coefficient (Wildman–Crippen LogP) is 3.52. The molecule has 128 valence electrons. The summed E-state index contributed by atoms with van der Waals surface area (Å²) in [5.41, 5.74) is 3.75. The molecule has 0 bridgehead atoms. The van der Waals surface area contributed by atoms with Crippen LogP contribution in [0.1, 0.15) is 46.6 Å². The number of nitrogens with one attached hydrogen (secondary N) is 1. The Hall–Kier alpha value is -2.95. The molecule has 1 unspecified atom stereocenters. The van der Waals surface area contributed by atoms with Gasteiger partial charge in [0.05, 0.1) is 18.8 Å². The highest BCUT2D eigenvalue weighted by atomic mass is 16.2. The molecule has 1 atom stereocenters. The summed E-state index contributed by atoms with van der Waals surface area (Å²) in [5.74, 6) is -0.202. The van der Waals surface area contributed by atoms with Crippen LogP contribution in [0, 0.1) is 6.92 Å². The first kappa shape index (κ1) is 16.9. The number of benzene rings is 2. The van der Waals surface area contributed by atoms with Crippen molar-refractivity contribution in [3.8, 4) is 0 Å². The fourth-order valence-corrected chi connectivity index (χ4v) is 2.70. The number of carbonyl (C=O) groups excluding carboxylic acids is 1. The molecule has 0 spiro atoms. The lowest BCUT2D eigenvalue weighted by molar-refractivity contribution is 0.0930. The number of aryl methyl sites for hydroxylation is 1. The molecule has 1 heterocycles. The van der Waals surface area contributed by atoms with E-state index < -0.39 is 0 Å². The lowest BCUT2D eigenvalue weighted by atomic mass is 10.0. The first-order valence-electron chi connectivity index (χ1n) is 8.47. The molecule has 0 saturated carbocycles. The zero-order valence-electron chi connectivity index (χ0n) is 14.5. The molecular formula is C20H22N4O. The van der Waals surface area contributed by atoms with Crippen LogP contribution in [0.2, 0.25) is 0 Å². The van der Waals surface area contributed by atoms with E-state index in [4.69, 9.17) is 0 Å². The van der Waals surface area contributed by atoms with Gasteiger partial charge in [-0.25, -0.2) is 4.68 Å². The third-order valence-electron chi connectivity index (χ3n) is 4.15. The van der Waals surface area contributed by atoms with Crippen LogP contribution in [-0.4, -0.2) is 20.9 Å². The smallest absolute Gasteiger partial charge is 0.273 e. The highest BCUT2D eigenvalue weighted by Crippen LogP contribution is 2.17. The highest BCUT2D eigenvalue weighted by molar-refractivity contribution is 5.92. The van der Waals surface area contributed by atoms with Gasteiger partial charge in [-0.15, -0.1) is 5.10 Å². The van der Waals surface area contributed by atoms with Gasteiger partial charge >= 0.3 is 0 Å². The summed E-state index contributed by atoms with van der Waals surface area (Å²) in [5, 5.41) is 11.1. The van der Waals surface area contributed by atoms with Gasteiger partial charge < -0.3 is 5.32 Å². The second kappa shape index (κ2) is 7.75. The minimum absolute atomic E-state index is 0.0348. The van der Waals surface area contributed by atoms with Crippen molar-refractivity contribution in [3.05, 3.63) is 83.2 Å². The minimum Gasteiger partial charge on any atom is -0.344 e. The molecule has 0 aliphatic carbocycles. The molecule has 1 amide bonds. The summed E-state index contributed by atoms with van der Waals surface area (Å²) in [6.07, 6.45) is 2.50. The van der Waals surface area contributed by atoms with Crippen molar-refractivity contribution in [1.82, 2.24) is 20.3 Å². The van der Waals surface area contributed by atoms with Crippen molar-refractivity contribution in [2.24, 2.45) is 0 Å². The number of carbonyl (C=O) groups is 1. The summed E-state index contributed by atoms with van der Waals surface area (Å²) in [6.45, 7) is 4.70. The fourth-order valence-electron chi connectivity index (χ4n) is 2.70. The number of amides is 1. The SMILES string of the molecule is CCC(NC(=O)c1cn(Cc2ccccc2)nn1)c1ccc(C)cc1. The van der Waals surface area contributed by atoms with E-state index in [9.17, 15) is 4.79 Å². The number of hydrogen-bond donors (Lipinski definition) is 1. The quantitative estimate of drug-likeness (QED) is 0.750. The Balaban J connectivity index is 1.67. The normalized spacial score (nSPS) is 11.9. The van der Waals surface area contributed by atoms with Gasteiger partial charge in [-0.05, 0) is 24.5 Å². The monoisotopic (exact) mass is 334 g/mol. The van der Waals surface area contributed by atoms with Gasteiger partial charge in [0.2, 0.25) is 0 Å². The zero-order valence-corrected chi connectivity index (χ0v) is 14.5. The van der Waals surface area contributed by atoms with Gasteiger partial charge in [0, 0.05) is 0 Å². The summed E-state index contributed by atoms with van der Waals surface area (Å²) < 4.78 is 1.68. The fraction of sp³-hybridized carbons (Fsp3) is 0.250. The van der Waals surface area contributed by atoms with Crippen LogP contribution in [0.3, 0.4) is 0 Å². The summed E-state index contributed by atoms with van der Waals surface area (Å²) in [4.78, 5) is 12.5. The van der Waals surface area contributed by atoms with Crippen LogP contribution in [0.15, 0.2) is 60.8 Å². The van der Waals surface area contributed by atoms with Gasteiger partial charge in [-0.1, -0.05) is 72.3 Å². The maximum Gasteiger partial charge on any atom is 0.273 e. The van der Waals surface area contributed by atoms with Gasteiger partial charge in [0.15, 0.2) is 5.69 Å². The lowest BCUT2D eigenvalue weighted by Crippen LogP contribution is -2.28. The second-order valence-electron chi connectivity index (χ2n) is 6.13. The van der Waals surface area contributed by atoms with Crippen LogP contribution in [0.25, 0.3) is 0 Å². The second-order valence-corrected chi connectivity index (χ2v) is 6.13. The van der Waals surface area contributed by atoms with Crippen molar-refractivity contribution >= 4 is 5.91 Å². The molecule has 25 heavy (non-hydrogen) atoms. The molecule has 3 aromatic rings. The molecular weight excluding hydrogens is 312 g/mol. The number of hydrogen-bond acceptors (Lipinski definition) is 3. The largest absolute Gasteiger partial charge is 0.344 e. The standard InChI is InChI=1S/C20H22N4O/c1-3-18(17-11-9-15(2)10-12-17)21-20(25)19-14-24(23-22-19)13-16-7-5-4-6-8-16/h4-12,14,18H,3,13H2,1-2H3,(H,21,25). The minimum atomic E-state index is -0.202. The Labute approximate surface area is 147 Å². The molecule has 5 heteroatoms. The molecule has 0 radical (unpaired) electrons. The maximum atomic E-state index is 12.5. The third-order valence-corrected chi connectivity index (χ3v) is 4.15. The van der Waals surface area contributed by atoms with Gasteiger partial charge in [-0.2, -0.15) is 0 Å². The van der Waals surface area contributed by atoms with Crippen LogP contribution in [0.4, 0.5) is 0 Å². The number of rotatable bonds is 6. The van der Waals surface area contributed by atoms with Gasteiger partial charge in [-0.3, -0.25) is 4.79 Å². The molecule has 0 aliphatic rings. The van der Waals surface area contributed by atoms with E-state index >= 15 is 0 Å². The van der Waals surface area contributed by atoms with E-state index in [0.717, 1.165) is 17.5 Å². The lowest BCUT2D eigenvalue weighted by Gasteiger charge is -2.16. The summed E-state index contributed by atoms with van der Waals surface area (Å²) in [7, 11) is 0. The molecule has 5 nitrogen and oxygen atoms in total. The van der Waals surface area contributed by atoms with E-state index in [1.54, 1.807) is 10.9 Å². The highest BCUT2D eigenvalue weighted by Gasteiger charge is 2.16. The van der Waals surface area contributed by atoms with Crippen LogP contribution in [0.5, 0.6) is 0 Å². The van der Waals surface area contributed by atoms with Gasteiger partial charge in [0.25, 0.3) is 5.91 Å². The first-order valence-corrected chi connectivity index (χ1v) is 8.47. The van der Waals surface area contributed by atoms with Crippen molar-refractivity contribution < 1.29 is 4.79 Å². The summed E-state index contributed by atoms with van der Waals surface area (Å²) in [6, 6.07) is 18.2. The van der Waals surface area contributed by atoms with E-state index in [-0.39, 0.29) is 11.9 Å². The molecule has 0 saturated heterocycles. The van der Waals surface area contributed by atoms with Crippen molar-refractivity contribution in [2.45, 2.75) is 32.9 Å². The Kier molecular flexibility index (Phi) is 5.23. The average Bonchev–Trinajstić information content (AvgIpc) is 3.10. The van der Waals surface area contributed by atoms with E-state index in [1.807, 2.05) is 37.3 Å². The summed E-state index contributed by atoms with van der Waals surface area (Å²) >= 11 is 0. The first-order chi connectivity index (χ1) is 12.2. The predicted molar refractivity (Wildman–Crippen MR) is 97.2 cm³/mol. The van der Waals surface area contributed by atoms with Crippen LogP contribution in [-0.2, 0) is 6.54 Å². The van der Waals surface area contributed by atoms with Crippen molar-refractivity contribution in [1.29, 1.82) is 0 Å². The Morgan fingerprint density at radius 2 is 1.84 bits per heavy atom. The van der Waals surface area contributed by atoms with Crippen LogP contribution < -0.4 is 5.32 Å². The zero-order chi connectivity index (χ0) is 17.6. The maximum absolute atomic E-state index is 12.5. The van der Waals surface area contributed by atoms with E-state index in [0.29, 0.717) is 12.2 Å². The number of aromatic nitrogens is 3. The number of nitrogens with zero attached hydrogens (tertiary/aromatic N) is 3. The Morgan fingerprint density at radius 3 is 2.52 bits per heavy atom. The van der Waals surface area contributed by atoms with Crippen molar-refractivity contribution in [3.63, 3.8) is 0 Å². The topological polar surface area (TPSA) is 59.8 Å². The Bertz CT molecular complexity index is 824. The van der Waals surface area contributed by atoms with Crippen LogP contribution >= 0.6 is 0 Å². The molecule has 1 N–H and O–H groups in total. The molecule has 3 rings (SSSR count). The third kappa shape index (κ3) is 4.32. The average molecular weight is 334 g/mol. The van der Waals surface area contributed by atoms with E-state index in [1.165, 1.54) is 5.56 Å². The molecule has 0 aliphatic heterocycles. The van der Waals surface area contributed by atoms with Gasteiger partial charge in [0.1, 0.15) is 0 Å². The molecule has 1 aromatic heterocycles. The van der Waals surface area contributed by atoms with Crippen molar-refractivity contribution in [2.75, 3.05) is 0 Å². The molecule has 2 aromatic carbocycles. The van der Waals surface area contributed by atoms with E-state index in [2.05, 4.69) is 46.8 Å². The molecule has 0 fully saturated rings. The Morgan fingerprint density at radius 1 is 1.12 bits per heavy atom.